The molecule has 0 saturated carbocycles. The van der Waals surface area contributed by atoms with Crippen molar-refractivity contribution in [3.8, 4) is 6.07 Å². The van der Waals surface area contributed by atoms with Gasteiger partial charge >= 0.3 is 0 Å². The van der Waals surface area contributed by atoms with E-state index < -0.39 is 0 Å². The first-order chi connectivity index (χ1) is 12.4. The van der Waals surface area contributed by atoms with E-state index >= 15 is 0 Å². The van der Waals surface area contributed by atoms with Gasteiger partial charge in [-0.3, -0.25) is 0 Å². The molecule has 0 unspecified atom stereocenters. The summed E-state index contributed by atoms with van der Waals surface area (Å²) in [6.45, 7) is 0.793. The lowest BCUT2D eigenvalue weighted by atomic mass is 9.74. The van der Waals surface area contributed by atoms with Crippen molar-refractivity contribution in [3.63, 3.8) is 0 Å². The molecule has 2 aromatic carbocycles. The third-order valence-corrected chi connectivity index (χ3v) is 6.57. The van der Waals surface area contributed by atoms with Gasteiger partial charge in [0.25, 0.3) is 0 Å². The zero-order chi connectivity index (χ0) is 16.8. The number of hydrogen-bond acceptors (Lipinski definition) is 4. The molecule has 25 heavy (non-hydrogen) atoms. The van der Waals surface area contributed by atoms with Crippen LogP contribution in [0.5, 0.6) is 0 Å². The number of fused-ring (bicyclic) bond motifs is 5. The Balaban J connectivity index is 1.72. The number of nitriles is 1. The lowest BCUT2D eigenvalue weighted by Crippen LogP contribution is -2.49. The molecule has 0 bridgehead atoms. The maximum Gasteiger partial charge on any atom is 0.138 e. The van der Waals surface area contributed by atoms with Crippen LogP contribution >= 0.6 is 11.8 Å². The first-order valence-corrected chi connectivity index (χ1v) is 9.57. The standard InChI is InChI=1S/C21H18N2OS/c22-13-16-19(14-7-2-1-3-8-14)15-9-6-12-24-20(15)23-17-10-4-5-11-18(17)25-21(16)23/h1-5,7-8,10-11,15,19-20H,6,9,12H2/t15-,19-,20-/m0/s1. The van der Waals surface area contributed by atoms with Crippen molar-refractivity contribution in [3.05, 3.63) is 70.8 Å². The Labute approximate surface area is 151 Å². The third-order valence-electron chi connectivity index (χ3n) is 5.39. The summed E-state index contributed by atoms with van der Waals surface area (Å²) >= 11 is 1.71. The van der Waals surface area contributed by atoms with E-state index in [9.17, 15) is 5.26 Å². The molecule has 3 heterocycles. The maximum atomic E-state index is 10.1. The van der Waals surface area contributed by atoms with Crippen molar-refractivity contribution in [2.45, 2.75) is 29.9 Å². The molecular formula is C21H18N2OS. The number of allylic oxidation sites excluding steroid dienone is 1. The fraction of sp³-hybridized carbons (Fsp3) is 0.286. The first kappa shape index (κ1) is 15.1. The summed E-state index contributed by atoms with van der Waals surface area (Å²) in [5.74, 6) is 0.422. The molecule has 0 aromatic heterocycles. The van der Waals surface area contributed by atoms with E-state index in [1.54, 1.807) is 11.8 Å². The van der Waals surface area contributed by atoms with Gasteiger partial charge in [-0.1, -0.05) is 54.2 Å². The van der Waals surface area contributed by atoms with Crippen LogP contribution in [-0.4, -0.2) is 12.8 Å². The number of ether oxygens (including phenoxy) is 1. The summed E-state index contributed by atoms with van der Waals surface area (Å²) < 4.78 is 6.27. The fourth-order valence-electron chi connectivity index (χ4n) is 4.37. The van der Waals surface area contributed by atoms with E-state index in [1.807, 2.05) is 6.07 Å². The second-order valence-corrected chi connectivity index (χ2v) is 7.76. The molecule has 4 heteroatoms. The Morgan fingerprint density at radius 2 is 1.88 bits per heavy atom. The quantitative estimate of drug-likeness (QED) is 0.737. The van der Waals surface area contributed by atoms with Crippen molar-refractivity contribution in [1.82, 2.24) is 0 Å². The summed E-state index contributed by atoms with van der Waals surface area (Å²) in [6.07, 6.45) is 2.16. The largest absolute Gasteiger partial charge is 0.358 e. The third kappa shape index (κ3) is 2.23. The van der Waals surface area contributed by atoms with Crippen molar-refractivity contribution in [1.29, 1.82) is 5.26 Å². The van der Waals surface area contributed by atoms with Gasteiger partial charge in [-0.2, -0.15) is 5.26 Å². The molecule has 3 nitrogen and oxygen atoms in total. The highest BCUT2D eigenvalue weighted by Gasteiger charge is 2.48. The second-order valence-electron chi connectivity index (χ2n) is 6.73. The van der Waals surface area contributed by atoms with E-state index in [2.05, 4.69) is 59.5 Å². The lowest BCUT2D eigenvalue weighted by Gasteiger charge is -2.46. The smallest absolute Gasteiger partial charge is 0.138 e. The zero-order valence-electron chi connectivity index (χ0n) is 13.8. The van der Waals surface area contributed by atoms with Gasteiger partial charge in [0.15, 0.2) is 0 Å². The Morgan fingerprint density at radius 3 is 2.72 bits per heavy atom. The van der Waals surface area contributed by atoms with Crippen molar-refractivity contribution in [2.24, 2.45) is 5.92 Å². The molecule has 3 atom stereocenters. The van der Waals surface area contributed by atoms with Gasteiger partial charge < -0.3 is 9.64 Å². The average molecular weight is 346 g/mol. The lowest BCUT2D eigenvalue weighted by molar-refractivity contribution is -0.0323. The topological polar surface area (TPSA) is 36.3 Å². The van der Waals surface area contributed by atoms with Crippen molar-refractivity contribution in [2.75, 3.05) is 11.5 Å². The Bertz CT molecular complexity index is 886. The van der Waals surface area contributed by atoms with Crippen LogP contribution in [0, 0.1) is 17.2 Å². The molecule has 0 amide bonds. The predicted octanol–water partition coefficient (Wildman–Crippen LogP) is 4.88. The minimum absolute atomic E-state index is 0.0159. The number of hydrogen-bond donors (Lipinski definition) is 0. The molecule has 5 rings (SSSR count). The Hall–Kier alpha value is -2.22. The maximum absolute atomic E-state index is 10.1. The highest BCUT2D eigenvalue weighted by atomic mass is 32.2. The number of nitrogens with zero attached hydrogens (tertiary/aromatic N) is 2. The molecule has 3 aliphatic rings. The van der Waals surface area contributed by atoms with Gasteiger partial charge in [-0.05, 0) is 30.5 Å². The van der Waals surface area contributed by atoms with Crippen LogP contribution in [0.15, 0.2) is 70.1 Å². The van der Waals surface area contributed by atoms with Crippen LogP contribution in [0.3, 0.4) is 0 Å². The van der Waals surface area contributed by atoms with Gasteiger partial charge in [0.1, 0.15) is 6.23 Å². The molecule has 2 aromatic rings. The molecule has 0 spiro atoms. The van der Waals surface area contributed by atoms with Crippen LogP contribution in [0.2, 0.25) is 0 Å². The van der Waals surface area contributed by atoms with E-state index in [4.69, 9.17) is 4.74 Å². The molecule has 0 aliphatic carbocycles. The van der Waals surface area contributed by atoms with Gasteiger partial charge in [0, 0.05) is 23.3 Å². The monoisotopic (exact) mass is 346 g/mol. The van der Waals surface area contributed by atoms with E-state index in [-0.39, 0.29) is 12.1 Å². The normalized spacial score (nSPS) is 27.3. The predicted molar refractivity (Wildman–Crippen MR) is 99.1 cm³/mol. The van der Waals surface area contributed by atoms with E-state index in [1.165, 1.54) is 16.1 Å². The van der Waals surface area contributed by atoms with Crippen LogP contribution in [0.1, 0.15) is 24.3 Å². The summed E-state index contributed by atoms with van der Waals surface area (Å²) in [6, 6.07) is 21.4. The highest BCUT2D eigenvalue weighted by Crippen LogP contribution is 2.57. The fourth-order valence-corrected chi connectivity index (χ4v) is 5.58. The molecule has 1 fully saturated rings. The highest BCUT2D eigenvalue weighted by molar-refractivity contribution is 8.03. The SMILES string of the molecule is N#CC1=C2Sc3ccccc3N2[C@H]2OCCC[C@H]2[C@@H]1c1ccccc1. The van der Waals surface area contributed by atoms with Gasteiger partial charge in [0.05, 0.1) is 22.4 Å². The zero-order valence-corrected chi connectivity index (χ0v) is 14.6. The number of rotatable bonds is 1. The average Bonchev–Trinajstić information content (AvgIpc) is 3.07. The molecular weight excluding hydrogens is 328 g/mol. The van der Waals surface area contributed by atoms with Crippen LogP contribution in [0.25, 0.3) is 0 Å². The van der Waals surface area contributed by atoms with Crippen LogP contribution in [0.4, 0.5) is 5.69 Å². The van der Waals surface area contributed by atoms with Crippen molar-refractivity contribution >= 4 is 17.4 Å². The summed E-state index contributed by atoms with van der Waals surface area (Å²) in [7, 11) is 0. The summed E-state index contributed by atoms with van der Waals surface area (Å²) in [5.41, 5.74) is 3.29. The number of para-hydroxylation sites is 1. The number of benzene rings is 2. The van der Waals surface area contributed by atoms with Crippen LogP contribution in [-0.2, 0) is 4.74 Å². The molecule has 0 radical (unpaired) electrons. The molecule has 124 valence electrons. The molecule has 1 saturated heterocycles. The summed E-state index contributed by atoms with van der Waals surface area (Å²) in [5, 5.41) is 11.1. The van der Waals surface area contributed by atoms with Gasteiger partial charge in [-0.25, -0.2) is 0 Å². The second kappa shape index (κ2) is 5.94. The van der Waals surface area contributed by atoms with Gasteiger partial charge in [0.2, 0.25) is 0 Å². The first-order valence-electron chi connectivity index (χ1n) is 8.75. The van der Waals surface area contributed by atoms with Crippen molar-refractivity contribution < 1.29 is 4.74 Å². The van der Waals surface area contributed by atoms with E-state index in [0.29, 0.717) is 5.92 Å². The summed E-state index contributed by atoms with van der Waals surface area (Å²) in [4.78, 5) is 3.49. The van der Waals surface area contributed by atoms with Crippen LogP contribution < -0.4 is 4.90 Å². The Kier molecular flexibility index (Phi) is 3.58. The molecule has 0 N–H and O–H groups in total. The minimum Gasteiger partial charge on any atom is -0.358 e. The number of thioether (sulfide) groups is 1. The molecule has 3 aliphatic heterocycles. The van der Waals surface area contributed by atoms with E-state index in [0.717, 1.165) is 30.1 Å². The Morgan fingerprint density at radius 1 is 1.08 bits per heavy atom. The number of anilines is 1. The minimum atomic E-state index is 0.0159. The van der Waals surface area contributed by atoms with Gasteiger partial charge in [-0.15, -0.1) is 0 Å².